The second-order valence-electron chi connectivity index (χ2n) is 4.39. The molecule has 0 atom stereocenters. The monoisotopic (exact) mass is 266 g/mol. The Balaban J connectivity index is 1.82. The van der Waals surface area contributed by atoms with Crippen LogP contribution >= 0.6 is 11.3 Å². The van der Waals surface area contributed by atoms with Gasteiger partial charge in [0.05, 0.1) is 4.88 Å². The Labute approximate surface area is 116 Å². The van der Waals surface area contributed by atoms with Crippen molar-refractivity contribution in [3.05, 3.63) is 66.4 Å². The van der Waals surface area contributed by atoms with Crippen LogP contribution in [0.4, 0.5) is 10.8 Å². The van der Waals surface area contributed by atoms with Gasteiger partial charge in [-0.3, -0.25) is 0 Å². The topological polar surface area (TPSA) is 24.9 Å². The fourth-order valence-corrected chi connectivity index (χ4v) is 2.67. The van der Waals surface area contributed by atoms with Crippen LogP contribution in [0.3, 0.4) is 0 Å². The fourth-order valence-electron chi connectivity index (χ4n) is 1.83. The van der Waals surface area contributed by atoms with Crippen LogP contribution in [0, 0.1) is 6.92 Å². The molecule has 0 bridgehead atoms. The van der Waals surface area contributed by atoms with Crippen molar-refractivity contribution in [3.8, 4) is 10.4 Å². The molecule has 1 aromatic heterocycles. The molecule has 2 aromatic carbocycles. The van der Waals surface area contributed by atoms with Crippen molar-refractivity contribution >= 4 is 22.2 Å². The molecule has 0 saturated heterocycles. The van der Waals surface area contributed by atoms with Gasteiger partial charge in [-0.1, -0.05) is 59.4 Å². The molecule has 3 rings (SSSR count). The lowest BCUT2D eigenvalue weighted by Gasteiger charge is -2.00. The second kappa shape index (κ2) is 5.24. The van der Waals surface area contributed by atoms with Gasteiger partial charge in [-0.15, -0.1) is 0 Å². The molecule has 3 heteroatoms. The number of thiazole rings is 1. The lowest BCUT2D eigenvalue weighted by atomic mass is 10.1. The summed E-state index contributed by atoms with van der Waals surface area (Å²) < 4.78 is 0. The molecule has 1 heterocycles. The van der Waals surface area contributed by atoms with Crippen LogP contribution in [-0.4, -0.2) is 4.98 Å². The third-order valence-electron chi connectivity index (χ3n) is 2.87. The minimum atomic E-state index is 0.918. The fraction of sp³-hybridized carbons (Fsp3) is 0.0625. The van der Waals surface area contributed by atoms with Crippen LogP contribution in [0.2, 0.25) is 0 Å². The van der Waals surface area contributed by atoms with E-state index in [-0.39, 0.29) is 0 Å². The largest absolute Gasteiger partial charge is 0.332 e. The van der Waals surface area contributed by atoms with E-state index in [4.69, 9.17) is 0 Å². The molecule has 0 radical (unpaired) electrons. The number of nitrogens with one attached hydrogen (secondary N) is 1. The van der Waals surface area contributed by atoms with Gasteiger partial charge < -0.3 is 5.32 Å². The van der Waals surface area contributed by atoms with E-state index < -0.39 is 0 Å². The SMILES string of the molecule is Cc1ccc(-c2cnc(Nc3ccccc3)s2)cc1. The first kappa shape index (κ1) is 11.9. The summed E-state index contributed by atoms with van der Waals surface area (Å²) in [7, 11) is 0. The summed E-state index contributed by atoms with van der Waals surface area (Å²) in [6, 6.07) is 18.6. The van der Waals surface area contributed by atoms with Gasteiger partial charge in [0.1, 0.15) is 0 Å². The lowest BCUT2D eigenvalue weighted by molar-refractivity contribution is 1.39. The van der Waals surface area contributed by atoms with E-state index in [1.165, 1.54) is 16.0 Å². The van der Waals surface area contributed by atoms with Crippen molar-refractivity contribution in [2.45, 2.75) is 6.92 Å². The van der Waals surface area contributed by atoms with Gasteiger partial charge in [0.15, 0.2) is 5.13 Å². The average molecular weight is 266 g/mol. The minimum absolute atomic E-state index is 0.918. The minimum Gasteiger partial charge on any atom is -0.332 e. The van der Waals surface area contributed by atoms with Crippen molar-refractivity contribution in [2.24, 2.45) is 0 Å². The molecule has 94 valence electrons. The number of hydrogen-bond donors (Lipinski definition) is 1. The number of nitrogens with zero attached hydrogens (tertiary/aromatic N) is 1. The smallest absolute Gasteiger partial charge is 0.187 e. The van der Waals surface area contributed by atoms with Crippen molar-refractivity contribution in [2.75, 3.05) is 5.32 Å². The van der Waals surface area contributed by atoms with Crippen LogP contribution in [0.1, 0.15) is 5.56 Å². The van der Waals surface area contributed by atoms with Crippen molar-refractivity contribution < 1.29 is 0 Å². The Morgan fingerprint density at radius 2 is 1.68 bits per heavy atom. The molecule has 0 aliphatic heterocycles. The molecule has 0 aliphatic rings. The van der Waals surface area contributed by atoms with E-state index in [1.54, 1.807) is 11.3 Å². The standard InChI is InChI=1S/C16H14N2S/c1-12-7-9-13(10-8-12)15-11-17-16(19-15)18-14-5-3-2-4-6-14/h2-11H,1H3,(H,17,18). The number of benzene rings is 2. The highest BCUT2D eigenvalue weighted by molar-refractivity contribution is 7.18. The van der Waals surface area contributed by atoms with Crippen LogP contribution in [0.15, 0.2) is 60.8 Å². The predicted molar refractivity (Wildman–Crippen MR) is 82.0 cm³/mol. The van der Waals surface area contributed by atoms with Crippen LogP contribution in [0.25, 0.3) is 10.4 Å². The molecule has 0 fully saturated rings. The van der Waals surface area contributed by atoms with Crippen LogP contribution in [-0.2, 0) is 0 Å². The Bertz CT molecular complexity index is 657. The summed E-state index contributed by atoms with van der Waals surface area (Å²) in [6.07, 6.45) is 1.92. The molecule has 1 N–H and O–H groups in total. The quantitative estimate of drug-likeness (QED) is 0.732. The highest BCUT2D eigenvalue weighted by Crippen LogP contribution is 2.30. The zero-order chi connectivity index (χ0) is 13.1. The van der Waals surface area contributed by atoms with Gasteiger partial charge in [0, 0.05) is 11.9 Å². The zero-order valence-corrected chi connectivity index (χ0v) is 11.4. The van der Waals surface area contributed by atoms with Gasteiger partial charge in [-0.25, -0.2) is 4.98 Å². The Morgan fingerprint density at radius 3 is 2.42 bits per heavy atom. The maximum absolute atomic E-state index is 4.42. The number of anilines is 2. The van der Waals surface area contributed by atoms with E-state index in [0.717, 1.165) is 10.8 Å². The molecule has 0 saturated carbocycles. The molecule has 0 unspecified atom stereocenters. The lowest BCUT2D eigenvalue weighted by Crippen LogP contribution is -1.87. The predicted octanol–water partition coefficient (Wildman–Crippen LogP) is 4.86. The number of aryl methyl sites for hydroxylation is 1. The first-order chi connectivity index (χ1) is 9.31. The second-order valence-corrected chi connectivity index (χ2v) is 5.42. The van der Waals surface area contributed by atoms with Crippen molar-refractivity contribution in [1.29, 1.82) is 0 Å². The Kier molecular flexibility index (Phi) is 3.29. The molecule has 0 spiro atoms. The Hall–Kier alpha value is -2.13. The molecule has 19 heavy (non-hydrogen) atoms. The van der Waals surface area contributed by atoms with Crippen LogP contribution in [0.5, 0.6) is 0 Å². The van der Waals surface area contributed by atoms with Crippen LogP contribution < -0.4 is 5.32 Å². The molecule has 3 aromatic rings. The Morgan fingerprint density at radius 1 is 0.947 bits per heavy atom. The van der Waals surface area contributed by atoms with Gasteiger partial charge in [0.25, 0.3) is 0 Å². The maximum Gasteiger partial charge on any atom is 0.187 e. The molecular formula is C16H14N2S. The maximum atomic E-state index is 4.42. The van der Waals surface area contributed by atoms with E-state index in [1.807, 2.05) is 36.5 Å². The van der Waals surface area contributed by atoms with Gasteiger partial charge in [-0.2, -0.15) is 0 Å². The average Bonchev–Trinajstić information content (AvgIpc) is 2.89. The number of para-hydroxylation sites is 1. The normalized spacial score (nSPS) is 10.4. The highest BCUT2D eigenvalue weighted by Gasteiger charge is 2.04. The van der Waals surface area contributed by atoms with Crippen molar-refractivity contribution in [1.82, 2.24) is 4.98 Å². The van der Waals surface area contributed by atoms with E-state index in [0.29, 0.717) is 0 Å². The summed E-state index contributed by atoms with van der Waals surface area (Å²) in [5.41, 5.74) is 3.55. The van der Waals surface area contributed by atoms with Crippen molar-refractivity contribution in [3.63, 3.8) is 0 Å². The third-order valence-corrected chi connectivity index (χ3v) is 3.83. The summed E-state index contributed by atoms with van der Waals surface area (Å²) in [5.74, 6) is 0. The highest BCUT2D eigenvalue weighted by atomic mass is 32.1. The summed E-state index contributed by atoms with van der Waals surface area (Å²) in [5, 5.41) is 4.23. The number of hydrogen-bond acceptors (Lipinski definition) is 3. The van der Waals surface area contributed by atoms with Gasteiger partial charge in [0.2, 0.25) is 0 Å². The first-order valence-corrected chi connectivity index (χ1v) is 6.98. The number of rotatable bonds is 3. The molecule has 0 aliphatic carbocycles. The van der Waals surface area contributed by atoms with E-state index in [9.17, 15) is 0 Å². The summed E-state index contributed by atoms with van der Waals surface area (Å²) in [6.45, 7) is 2.10. The van der Waals surface area contributed by atoms with Gasteiger partial charge >= 0.3 is 0 Å². The first-order valence-electron chi connectivity index (χ1n) is 6.16. The molecule has 2 nitrogen and oxygen atoms in total. The van der Waals surface area contributed by atoms with E-state index >= 15 is 0 Å². The zero-order valence-electron chi connectivity index (χ0n) is 10.6. The molecule has 0 amide bonds. The van der Waals surface area contributed by atoms with E-state index in [2.05, 4.69) is 41.5 Å². The number of aromatic nitrogens is 1. The van der Waals surface area contributed by atoms with Gasteiger partial charge in [-0.05, 0) is 24.6 Å². The third kappa shape index (κ3) is 2.83. The molecular weight excluding hydrogens is 252 g/mol. The summed E-state index contributed by atoms with van der Waals surface area (Å²) in [4.78, 5) is 5.60. The summed E-state index contributed by atoms with van der Waals surface area (Å²) >= 11 is 1.66.